The summed E-state index contributed by atoms with van der Waals surface area (Å²) >= 11 is 0. The third-order valence-electron chi connectivity index (χ3n) is 3.45. The van der Waals surface area contributed by atoms with E-state index in [1.165, 1.54) is 0 Å². The van der Waals surface area contributed by atoms with E-state index < -0.39 is 12.2 Å². The van der Waals surface area contributed by atoms with Gasteiger partial charge in [-0.25, -0.2) is 0 Å². The number of hydrogen-bond acceptors (Lipinski definition) is 3. The van der Waals surface area contributed by atoms with E-state index in [0.29, 0.717) is 6.42 Å². The van der Waals surface area contributed by atoms with E-state index in [-0.39, 0.29) is 18.4 Å². The molecule has 4 atom stereocenters. The third kappa shape index (κ3) is 4.26. The number of rotatable bonds is 5. The first-order chi connectivity index (χ1) is 8.20. The highest BCUT2D eigenvalue weighted by Crippen LogP contribution is 2.31. The van der Waals surface area contributed by atoms with Crippen LogP contribution in [-0.4, -0.2) is 34.1 Å². The van der Waals surface area contributed by atoms with Crippen LogP contribution in [-0.2, 0) is 0 Å². The van der Waals surface area contributed by atoms with E-state index in [1.54, 1.807) is 0 Å². The van der Waals surface area contributed by atoms with Crippen LogP contribution in [0, 0.1) is 11.8 Å². The maximum atomic E-state index is 9.79. The fraction of sp³-hybridized carbons (Fsp3) is 0.714. The highest BCUT2D eigenvalue weighted by atomic mass is 16.3. The van der Waals surface area contributed by atoms with Gasteiger partial charge in [-0.3, -0.25) is 0 Å². The second kappa shape index (κ2) is 7.64. The quantitative estimate of drug-likeness (QED) is 0.640. The summed E-state index contributed by atoms with van der Waals surface area (Å²) in [5.41, 5.74) is 0. The molecular formula is C14H24O3. The minimum absolute atomic E-state index is 0.0775. The molecule has 1 fully saturated rings. The van der Waals surface area contributed by atoms with E-state index in [0.717, 1.165) is 19.3 Å². The summed E-state index contributed by atoms with van der Waals surface area (Å²) in [6.07, 6.45) is 10.3. The summed E-state index contributed by atoms with van der Waals surface area (Å²) in [7, 11) is 0. The predicted molar refractivity (Wildman–Crippen MR) is 68.5 cm³/mol. The lowest BCUT2D eigenvalue weighted by atomic mass is 9.76. The van der Waals surface area contributed by atoms with Crippen LogP contribution in [0.5, 0.6) is 0 Å². The standard InChI is InChI=1S/C14H24O3/c1-2-3-4-5-6-7-11-8-9-13(16)14(17)12(11)10-15/h4-7,11-17H,2-3,8-10H2,1H3/b5-4+,7-6+. The van der Waals surface area contributed by atoms with Crippen molar-refractivity contribution in [1.82, 2.24) is 0 Å². The molecule has 4 unspecified atom stereocenters. The molecule has 0 amide bonds. The molecule has 1 aliphatic carbocycles. The Morgan fingerprint density at radius 3 is 2.59 bits per heavy atom. The van der Waals surface area contributed by atoms with Crippen molar-refractivity contribution < 1.29 is 15.3 Å². The predicted octanol–water partition coefficient (Wildman–Crippen LogP) is 1.64. The Morgan fingerprint density at radius 2 is 1.94 bits per heavy atom. The highest BCUT2D eigenvalue weighted by Gasteiger charge is 2.35. The molecule has 0 saturated heterocycles. The van der Waals surface area contributed by atoms with Gasteiger partial charge in [-0.05, 0) is 25.2 Å². The molecule has 0 aromatic heterocycles. The molecule has 0 aromatic rings. The van der Waals surface area contributed by atoms with Crippen molar-refractivity contribution in [3.8, 4) is 0 Å². The molecule has 0 heterocycles. The zero-order chi connectivity index (χ0) is 12.7. The lowest BCUT2D eigenvalue weighted by Gasteiger charge is -2.36. The second-order valence-corrected chi connectivity index (χ2v) is 4.75. The van der Waals surface area contributed by atoms with E-state index in [4.69, 9.17) is 0 Å². The lowest BCUT2D eigenvalue weighted by Crippen LogP contribution is -2.43. The van der Waals surface area contributed by atoms with Gasteiger partial charge in [0, 0.05) is 12.5 Å². The Morgan fingerprint density at radius 1 is 1.18 bits per heavy atom. The molecule has 3 heteroatoms. The molecule has 0 bridgehead atoms. The van der Waals surface area contributed by atoms with Gasteiger partial charge < -0.3 is 15.3 Å². The molecule has 0 aromatic carbocycles. The fourth-order valence-corrected chi connectivity index (χ4v) is 2.32. The molecule has 1 rings (SSSR count). The molecule has 3 nitrogen and oxygen atoms in total. The molecule has 3 N–H and O–H groups in total. The smallest absolute Gasteiger partial charge is 0.0854 e. The van der Waals surface area contributed by atoms with Crippen LogP contribution in [0.4, 0.5) is 0 Å². The van der Waals surface area contributed by atoms with Crippen LogP contribution in [0.1, 0.15) is 32.6 Å². The molecule has 0 spiro atoms. The lowest BCUT2D eigenvalue weighted by molar-refractivity contribution is -0.0733. The summed E-state index contributed by atoms with van der Waals surface area (Å²) in [5.74, 6) is -0.0840. The summed E-state index contributed by atoms with van der Waals surface area (Å²) < 4.78 is 0. The largest absolute Gasteiger partial charge is 0.396 e. The molecule has 98 valence electrons. The number of aliphatic hydroxyl groups is 3. The Labute approximate surface area is 103 Å². The number of unbranched alkanes of at least 4 members (excludes halogenated alkanes) is 1. The summed E-state index contributed by atoms with van der Waals surface area (Å²) in [5, 5.41) is 28.6. The monoisotopic (exact) mass is 240 g/mol. The van der Waals surface area contributed by atoms with Crippen molar-refractivity contribution in [2.24, 2.45) is 11.8 Å². The molecule has 1 aliphatic rings. The minimum Gasteiger partial charge on any atom is -0.396 e. The molecule has 0 radical (unpaired) electrons. The van der Waals surface area contributed by atoms with Gasteiger partial charge in [0.05, 0.1) is 12.2 Å². The SMILES string of the molecule is CCC/C=C/C=C/C1CCC(O)C(O)C1CO. The summed E-state index contributed by atoms with van der Waals surface area (Å²) in [4.78, 5) is 0. The molecular weight excluding hydrogens is 216 g/mol. The van der Waals surface area contributed by atoms with Crippen LogP contribution >= 0.6 is 0 Å². The van der Waals surface area contributed by atoms with E-state index >= 15 is 0 Å². The van der Waals surface area contributed by atoms with Crippen molar-refractivity contribution in [3.63, 3.8) is 0 Å². The van der Waals surface area contributed by atoms with Gasteiger partial charge in [-0.2, -0.15) is 0 Å². The Hall–Kier alpha value is -0.640. The van der Waals surface area contributed by atoms with Crippen molar-refractivity contribution in [1.29, 1.82) is 0 Å². The summed E-state index contributed by atoms with van der Waals surface area (Å²) in [6.45, 7) is 2.06. The van der Waals surface area contributed by atoms with Gasteiger partial charge in [0.2, 0.25) is 0 Å². The first kappa shape index (κ1) is 14.4. The van der Waals surface area contributed by atoms with E-state index in [2.05, 4.69) is 13.0 Å². The maximum absolute atomic E-state index is 9.79. The molecule has 17 heavy (non-hydrogen) atoms. The average molecular weight is 240 g/mol. The van der Waals surface area contributed by atoms with Gasteiger partial charge in [-0.1, -0.05) is 37.6 Å². The van der Waals surface area contributed by atoms with Crippen molar-refractivity contribution in [2.45, 2.75) is 44.8 Å². The van der Waals surface area contributed by atoms with Gasteiger partial charge in [-0.15, -0.1) is 0 Å². The van der Waals surface area contributed by atoms with E-state index in [1.807, 2.05) is 18.2 Å². The van der Waals surface area contributed by atoms with Crippen molar-refractivity contribution >= 4 is 0 Å². The van der Waals surface area contributed by atoms with Crippen LogP contribution in [0.25, 0.3) is 0 Å². The topological polar surface area (TPSA) is 60.7 Å². The normalized spacial score (nSPS) is 34.8. The van der Waals surface area contributed by atoms with Crippen LogP contribution in [0.3, 0.4) is 0 Å². The number of hydrogen-bond donors (Lipinski definition) is 3. The summed E-state index contributed by atoms with van der Waals surface area (Å²) in [6, 6.07) is 0. The molecule has 1 saturated carbocycles. The zero-order valence-electron chi connectivity index (χ0n) is 10.5. The zero-order valence-corrected chi connectivity index (χ0v) is 10.5. The van der Waals surface area contributed by atoms with Gasteiger partial charge in [0.15, 0.2) is 0 Å². The van der Waals surface area contributed by atoms with Crippen molar-refractivity contribution in [2.75, 3.05) is 6.61 Å². The van der Waals surface area contributed by atoms with Crippen LogP contribution in [0.15, 0.2) is 24.3 Å². The Bertz CT molecular complexity index is 260. The first-order valence-electron chi connectivity index (χ1n) is 6.51. The van der Waals surface area contributed by atoms with Crippen molar-refractivity contribution in [3.05, 3.63) is 24.3 Å². The minimum atomic E-state index is -0.803. The fourth-order valence-electron chi connectivity index (χ4n) is 2.32. The molecule has 0 aliphatic heterocycles. The van der Waals surface area contributed by atoms with E-state index in [9.17, 15) is 15.3 Å². The number of aliphatic hydroxyl groups excluding tert-OH is 3. The van der Waals surface area contributed by atoms with Gasteiger partial charge in [0.1, 0.15) is 0 Å². The maximum Gasteiger partial charge on any atom is 0.0854 e. The first-order valence-corrected chi connectivity index (χ1v) is 6.51. The number of allylic oxidation sites excluding steroid dienone is 4. The third-order valence-corrected chi connectivity index (χ3v) is 3.45. The Balaban J connectivity index is 2.51. The highest BCUT2D eigenvalue weighted by molar-refractivity contribution is 5.07. The second-order valence-electron chi connectivity index (χ2n) is 4.75. The Kier molecular flexibility index (Phi) is 6.48. The van der Waals surface area contributed by atoms with Crippen LogP contribution < -0.4 is 0 Å². The van der Waals surface area contributed by atoms with Crippen LogP contribution in [0.2, 0.25) is 0 Å². The van der Waals surface area contributed by atoms with Gasteiger partial charge in [0.25, 0.3) is 0 Å². The average Bonchev–Trinajstić information content (AvgIpc) is 2.33. The van der Waals surface area contributed by atoms with Gasteiger partial charge >= 0.3 is 0 Å².